The maximum absolute atomic E-state index is 13.7. The Morgan fingerprint density at radius 2 is 1.43 bits per heavy atom. The van der Waals surface area contributed by atoms with Crippen LogP contribution in [0.25, 0.3) is 0 Å². The first-order valence-electron chi connectivity index (χ1n) is 12.0. The fourth-order valence-corrected chi connectivity index (χ4v) is 4.90. The second-order valence-electron chi connectivity index (χ2n) is 9.08. The molecule has 14 heteroatoms. The van der Waals surface area contributed by atoms with Gasteiger partial charge in [0, 0.05) is 12.0 Å². The molecule has 2 aromatic carbocycles. The third-order valence-electron chi connectivity index (χ3n) is 6.66. The Balaban J connectivity index is 2.38. The largest absolute Gasteiger partial charge is 0.466 e. The molecule has 0 N–H and O–H groups in total. The lowest BCUT2D eigenvalue weighted by Crippen LogP contribution is -2.46. The Bertz CT molecular complexity index is 1220. The molecule has 0 aliphatic carbocycles. The third-order valence-corrected chi connectivity index (χ3v) is 6.66. The second-order valence-corrected chi connectivity index (χ2v) is 9.08. The number of benzene rings is 2. The molecule has 40 heavy (non-hydrogen) atoms. The van der Waals surface area contributed by atoms with Crippen LogP contribution in [0.2, 0.25) is 0 Å². The molecule has 1 aliphatic rings. The summed E-state index contributed by atoms with van der Waals surface area (Å²) >= 11 is 0. The normalized spacial score (nSPS) is 18.6. The second kappa shape index (κ2) is 11.2. The highest BCUT2D eigenvalue weighted by Gasteiger charge is 2.46. The maximum atomic E-state index is 13.7. The molecule has 1 amide bonds. The lowest BCUT2D eigenvalue weighted by atomic mass is 9.73. The van der Waals surface area contributed by atoms with E-state index in [1.54, 1.807) is 6.92 Å². The highest BCUT2D eigenvalue weighted by atomic mass is 19.4. The van der Waals surface area contributed by atoms with Crippen LogP contribution in [0, 0.1) is 0 Å². The number of anilines is 1. The van der Waals surface area contributed by atoms with E-state index in [4.69, 9.17) is 9.47 Å². The molecular formula is C26H24F9NO4. The molecule has 0 saturated carbocycles. The third kappa shape index (κ3) is 6.30. The Kier molecular flexibility index (Phi) is 8.70. The summed E-state index contributed by atoms with van der Waals surface area (Å²) in [7, 11) is 1.04. The van der Waals surface area contributed by atoms with Crippen LogP contribution in [0.3, 0.4) is 0 Å². The molecule has 1 aliphatic heterocycles. The highest BCUT2D eigenvalue weighted by Crippen LogP contribution is 2.50. The smallest absolute Gasteiger partial charge is 0.416 e. The fraction of sp³-hybridized carbons (Fsp3) is 0.462. The molecule has 1 heterocycles. The summed E-state index contributed by atoms with van der Waals surface area (Å²) in [4.78, 5) is 26.9. The number of halogens is 9. The monoisotopic (exact) mass is 585 g/mol. The van der Waals surface area contributed by atoms with E-state index in [0.717, 1.165) is 18.1 Å². The zero-order valence-corrected chi connectivity index (χ0v) is 21.3. The van der Waals surface area contributed by atoms with Gasteiger partial charge in [0.2, 0.25) is 0 Å². The van der Waals surface area contributed by atoms with Crippen molar-refractivity contribution in [3.8, 4) is 0 Å². The van der Waals surface area contributed by atoms with E-state index < -0.39 is 70.7 Å². The Hall–Kier alpha value is -3.45. The minimum atomic E-state index is -5.24. The molecular weight excluding hydrogens is 561 g/mol. The van der Waals surface area contributed by atoms with Crippen molar-refractivity contribution in [1.82, 2.24) is 0 Å². The van der Waals surface area contributed by atoms with Gasteiger partial charge in [-0.2, -0.15) is 39.5 Å². The summed E-state index contributed by atoms with van der Waals surface area (Å²) in [5.41, 5.74) is -5.74. The number of hydrogen-bond donors (Lipinski definition) is 0. The van der Waals surface area contributed by atoms with Gasteiger partial charge in [0.15, 0.2) is 0 Å². The summed E-state index contributed by atoms with van der Waals surface area (Å²) in [6, 6.07) is 2.04. The SMILES string of the molecule is CCOC(=O)[C@H](c1cc(C(F)(F)F)cc(C(F)(F)F)c1)[C@H]1C[C@@H](CC)N(C(=O)OC)c2ccc(C(F)(F)F)cc21. The average Bonchev–Trinajstić information content (AvgIpc) is 2.86. The highest BCUT2D eigenvalue weighted by molar-refractivity contribution is 5.91. The molecule has 3 atom stereocenters. The van der Waals surface area contributed by atoms with Crippen molar-refractivity contribution in [3.63, 3.8) is 0 Å². The maximum Gasteiger partial charge on any atom is 0.416 e. The van der Waals surface area contributed by atoms with Crippen LogP contribution < -0.4 is 4.90 Å². The van der Waals surface area contributed by atoms with E-state index in [1.165, 1.54) is 6.92 Å². The summed E-state index contributed by atoms with van der Waals surface area (Å²) in [6.07, 6.45) is -16.4. The molecule has 5 nitrogen and oxygen atoms in total. The Labute approximate surface area is 222 Å². The summed E-state index contributed by atoms with van der Waals surface area (Å²) in [6.45, 7) is 2.65. The van der Waals surface area contributed by atoms with Gasteiger partial charge in [0.25, 0.3) is 0 Å². The van der Waals surface area contributed by atoms with Gasteiger partial charge in [-0.3, -0.25) is 9.69 Å². The number of methoxy groups -OCH3 is 1. The number of carbonyl (C=O) groups is 2. The van der Waals surface area contributed by atoms with Crippen molar-refractivity contribution in [2.75, 3.05) is 18.6 Å². The fourth-order valence-electron chi connectivity index (χ4n) is 4.90. The molecule has 0 aromatic heterocycles. The lowest BCUT2D eigenvalue weighted by molar-refractivity contribution is -0.147. The number of alkyl halides is 9. The van der Waals surface area contributed by atoms with Crippen molar-refractivity contribution >= 4 is 17.7 Å². The van der Waals surface area contributed by atoms with Crippen molar-refractivity contribution in [2.45, 2.75) is 63.1 Å². The van der Waals surface area contributed by atoms with E-state index in [1.807, 2.05) is 0 Å². The van der Waals surface area contributed by atoms with Gasteiger partial charge >= 0.3 is 30.6 Å². The molecule has 2 aromatic rings. The molecule has 0 bridgehead atoms. The molecule has 220 valence electrons. The molecule has 0 radical (unpaired) electrons. The summed E-state index contributed by atoms with van der Waals surface area (Å²) in [5, 5.41) is 0. The first-order valence-corrected chi connectivity index (χ1v) is 12.0. The number of ether oxygens (including phenoxy) is 2. The van der Waals surface area contributed by atoms with Crippen molar-refractivity contribution in [3.05, 3.63) is 64.2 Å². The van der Waals surface area contributed by atoms with Gasteiger partial charge in [-0.15, -0.1) is 0 Å². The van der Waals surface area contributed by atoms with Crippen LogP contribution in [0.15, 0.2) is 36.4 Å². The van der Waals surface area contributed by atoms with Gasteiger partial charge in [-0.1, -0.05) is 6.92 Å². The first kappa shape index (κ1) is 31.1. The van der Waals surface area contributed by atoms with Crippen molar-refractivity contribution < 1.29 is 58.6 Å². The predicted octanol–water partition coefficient (Wildman–Crippen LogP) is 7.93. The van der Waals surface area contributed by atoms with Gasteiger partial charge < -0.3 is 9.47 Å². The average molecular weight is 585 g/mol. The van der Waals surface area contributed by atoms with E-state index in [-0.39, 0.29) is 36.8 Å². The predicted molar refractivity (Wildman–Crippen MR) is 124 cm³/mol. The lowest BCUT2D eigenvalue weighted by Gasteiger charge is -2.42. The van der Waals surface area contributed by atoms with E-state index in [0.29, 0.717) is 24.3 Å². The summed E-state index contributed by atoms with van der Waals surface area (Å²) in [5.74, 6) is -4.50. The molecule has 0 saturated heterocycles. The quantitative estimate of drug-likeness (QED) is 0.264. The van der Waals surface area contributed by atoms with Crippen molar-refractivity contribution in [2.24, 2.45) is 0 Å². The van der Waals surface area contributed by atoms with Crippen LogP contribution in [-0.2, 0) is 32.8 Å². The molecule has 0 unspecified atom stereocenters. The number of rotatable bonds is 5. The number of amides is 1. The zero-order chi connectivity index (χ0) is 30.2. The van der Waals surface area contributed by atoms with Gasteiger partial charge in [-0.25, -0.2) is 4.79 Å². The number of nitrogens with zero attached hydrogens (tertiary/aromatic N) is 1. The standard InChI is InChI=1S/C26H24F9NO4/c1-4-17-12-19(18-11-14(24(27,28)29)6-7-20(18)36(17)23(38)39-3)21(22(37)40-5-2)13-8-15(25(30,31)32)10-16(9-13)26(33,34)35/h6-11,17,19,21H,4-5,12H2,1-3H3/t17-,19+,21-/m1/s1. The van der Waals surface area contributed by atoms with Gasteiger partial charge in [-0.05, 0) is 67.3 Å². The van der Waals surface area contributed by atoms with Gasteiger partial charge in [0.05, 0.1) is 42.0 Å². The molecule has 0 spiro atoms. The number of fused-ring (bicyclic) bond motifs is 1. The number of hydrogen-bond acceptors (Lipinski definition) is 4. The van der Waals surface area contributed by atoms with E-state index in [2.05, 4.69) is 0 Å². The Morgan fingerprint density at radius 3 is 1.88 bits per heavy atom. The Morgan fingerprint density at radius 1 is 0.875 bits per heavy atom. The van der Waals surface area contributed by atoms with Crippen LogP contribution in [0.4, 0.5) is 50.0 Å². The topological polar surface area (TPSA) is 55.8 Å². The zero-order valence-electron chi connectivity index (χ0n) is 21.3. The molecule has 3 rings (SSSR count). The number of carbonyl (C=O) groups excluding carboxylic acids is 2. The van der Waals surface area contributed by atoms with Crippen LogP contribution >= 0.6 is 0 Å². The minimum absolute atomic E-state index is 0.115. The van der Waals surface area contributed by atoms with Crippen molar-refractivity contribution in [1.29, 1.82) is 0 Å². The number of esters is 1. The van der Waals surface area contributed by atoms with E-state index in [9.17, 15) is 49.1 Å². The van der Waals surface area contributed by atoms with Crippen LogP contribution in [0.5, 0.6) is 0 Å². The first-order chi connectivity index (χ1) is 18.4. The van der Waals surface area contributed by atoms with E-state index >= 15 is 0 Å². The molecule has 0 fully saturated rings. The van der Waals surface area contributed by atoms with Gasteiger partial charge in [0.1, 0.15) is 0 Å². The van der Waals surface area contributed by atoms with Crippen LogP contribution in [0.1, 0.15) is 66.3 Å². The summed E-state index contributed by atoms with van der Waals surface area (Å²) < 4.78 is 133. The minimum Gasteiger partial charge on any atom is -0.466 e. The van der Waals surface area contributed by atoms with Crippen LogP contribution in [-0.4, -0.2) is 31.8 Å².